The maximum Gasteiger partial charge on any atom is 0.135 e. The van der Waals surface area contributed by atoms with Gasteiger partial charge in [-0.1, -0.05) is 17.7 Å². The summed E-state index contributed by atoms with van der Waals surface area (Å²) in [4.78, 5) is 5.75. The lowest BCUT2D eigenvalue weighted by atomic mass is 10.3. The van der Waals surface area contributed by atoms with Gasteiger partial charge in [0.15, 0.2) is 0 Å². The van der Waals surface area contributed by atoms with Crippen LogP contribution in [0.4, 0.5) is 5.00 Å². The van der Waals surface area contributed by atoms with E-state index in [4.69, 9.17) is 17.3 Å². The molecule has 0 radical (unpaired) electrons. The second-order valence-electron chi connectivity index (χ2n) is 3.77. The minimum Gasteiger partial charge on any atom is -0.391 e. The van der Waals surface area contributed by atoms with Gasteiger partial charge in [-0.25, -0.2) is 4.98 Å². The Kier molecular flexibility index (Phi) is 2.58. The van der Waals surface area contributed by atoms with Gasteiger partial charge in [0.2, 0.25) is 0 Å². The summed E-state index contributed by atoms with van der Waals surface area (Å²) < 4.78 is 1.04. The second-order valence-corrected chi connectivity index (χ2v) is 6.26. The molecule has 0 atom stereocenters. The lowest BCUT2D eigenvalue weighted by Gasteiger charge is -1.90. The minimum atomic E-state index is 0.758. The van der Waals surface area contributed by atoms with Crippen LogP contribution in [0.25, 0.3) is 20.1 Å². The van der Waals surface area contributed by atoms with Crippen LogP contribution in [-0.4, -0.2) is 4.98 Å². The van der Waals surface area contributed by atoms with E-state index in [9.17, 15) is 0 Å². The van der Waals surface area contributed by atoms with Crippen LogP contribution in [0.15, 0.2) is 24.3 Å². The van der Waals surface area contributed by atoms with Gasteiger partial charge in [-0.3, -0.25) is 0 Å². The summed E-state index contributed by atoms with van der Waals surface area (Å²) in [5.74, 6) is 0. The molecule has 0 unspecified atom stereocenters. The molecule has 0 saturated heterocycles. The Morgan fingerprint density at radius 1 is 1.29 bits per heavy atom. The topological polar surface area (TPSA) is 38.9 Å². The molecule has 0 amide bonds. The van der Waals surface area contributed by atoms with E-state index in [1.807, 2.05) is 24.3 Å². The van der Waals surface area contributed by atoms with Crippen molar-refractivity contribution in [2.75, 3.05) is 5.73 Å². The van der Waals surface area contributed by atoms with Crippen molar-refractivity contribution in [2.24, 2.45) is 0 Å². The highest BCUT2D eigenvalue weighted by Crippen LogP contribution is 2.39. The Labute approximate surface area is 112 Å². The van der Waals surface area contributed by atoms with E-state index < -0.39 is 0 Å². The van der Waals surface area contributed by atoms with Gasteiger partial charge >= 0.3 is 0 Å². The van der Waals surface area contributed by atoms with Crippen molar-refractivity contribution < 1.29 is 0 Å². The fraction of sp³-hybridized carbons (Fsp3) is 0.0833. The van der Waals surface area contributed by atoms with Crippen molar-refractivity contribution >= 4 is 49.5 Å². The van der Waals surface area contributed by atoms with Crippen molar-refractivity contribution in [3.05, 3.63) is 34.9 Å². The summed E-state index contributed by atoms with van der Waals surface area (Å²) in [5, 5.41) is 2.57. The van der Waals surface area contributed by atoms with Crippen LogP contribution in [0.2, 0.25) is 5.02 Å². The number of thiophene rings is 1. The molecule has 0 fully saturated rings. The van der Waals surface area contributed by atoms with E-state index in [2.05, 4.69) is 11.9 Å². The van der Waals surface area contributed by atoms with Crippen molar-refractivity contribution in [1.82, 2.24) is 4.98 Å². The normalized spacial score (nSPS) is 11.2. The Morgan fingerprint density at radius 2 is 2.12 bits per heavy atom. The lowest BCUT2D eigenvalue weighted by Crippen LogP contribution is -1.73. The summed E-state index contributed by atoms with van der Waals surface area (Å²) in [7, 11) is 0. The number of fused-ring (bicyclic) bond motifs is 1. The van der Waals surface area contributed by atoms with E-state index in [0.717, 1.165) is 30.1 Å². The van der Waals surface area contributed by atoms with Crippen molar-refractivity contribution in [1.29, 1.82) is 0 Å². The number of benzene rings is 1. The number of nitrogen functional groups attached to an aromatic ring is 1. The van der Waals surface area contributed by atoms with E-state index >= 15 is 0 Å². The quantitative estimate of drug-likeness (QED) is 0.709. The van der Waals surface area contributed by atoms with Crippen LogP contribution >= 0.6 is 34.3 Å². The number of anilines is 1. The van der Waals surface area contributed by atoms with E-state index in [-0.39, 0.29) is 0 Å². The molecule has 2 N–H and O–H groups in total. The number of halogens is 1. The molecule has 0 aliphatic carbocycles. The molecule has 0 spiro atoms. The van der Waals surface area contributed by atoms with Gasteiger partial charge < -0.3 is 5.73 Å². The smallest absolute Gasteiger partial charge is 0.135 e. The Balaban J connectivity index is 2.25. The molecule has 2 heterocycles. The zero-order chi connectivity index (χ0) is 12.0. The van der Waals surface area contributed by atoms with Gasteiger partial charge in [-0.05, 0) is 30.7 Å². The van der Waals surface area contributed by atoms with Crippen molar-refractivity contribution in [3.63, 3.8) is 0 Å². The molecule has 0 aliphatic rings. The predicted molar refractivity (Wildman–Crippen MR) is 77.1 cm³/mol. The van der Waals surface area contributed by atoms with Crippen LogP contribution in [-0.2, 0) is 0 Å². The summed E-state index contributed by atoms with van der Waals surface area (Å²) in [6, 6.07) is 7.77. The van der Waals surface area contributed by atoms with E-state index in [1.165, 1.54) is 5.56 Å². The van der Waals surface area contributed by atoms with Crippen LogP contribution < -0.4 is 5.73 Å². The fourth-order valence-electron chi connectivity index (χ4n) is 1.73. The van der Waals surface area contributed by atoms with Crippen molar-refractivity contribution in [2.45, 2.75) is 6.92 Å². The van der Waals surface area contributed by atoms with Crippen LogP contribution in [0, 0.1) is 6.92 Å². The maximum absolute atomic E-state index is 6.15. The molecule has 2 nitrogen and oxygen atoms in total. The highest BCUT2D eigenvalue weighted by Gasteiger charge is 2.12. The Bertz CT molecular complexity index is 700. The predicted octanol–water partition coefficient (Wildman–Crippen LogP) is 4.57. The van der Waals surface area contributed by atoms with E-state index in [0.29, 0.717) is 0 Å². The standard InChI is InChI=1S/C12H9ClN2S2/c1-6-5-9(14)16-10(6)12-15-8-4-2-3-7(13)11(8)17-12/h2-5H,14H2,1H3. The lowest BCUT2D eigenvalue weighted by molar-refractivity contribution is 1.46. The van der Waals surface area contributed by atoms with Gasteiger partial charge in [-0.15, -0.1) is 22.7 Å². The number of hydrogen-bond donors (Lipinski definition) is 1. The first-order valence-electron chi connectivity index (χ1n) is 5.06. The molecule has 3 aromatic rings. The summed E-state index contributed by atoms with van der Waals surface area (Å²) >= 11 is 9.34. The third-order valence-corrected chi connectivity index (χ3v) is 5.25. The summed E-state index contributed by atoms with van der Waals surface area (Å²) in [6.45, 7) is 2.05. The molecule has 86 valence electrons. The molecule has 1 aromatic carbocycles. The summed E-state index contributed by atoms with van der Waals surface area (Å²) in [6.07, 6.45) is 0. The molecule has 2 aromatic heterocycles. The summed E-state index contributed by atoms with van der Waals surface area (Å²) in [5.41, 5.74) is 7.93. The van der Waals surface area contributed by atoms with Crippen LogP contribution in [0.1, 0.15) is 5.56 Å². The molecular formula is C12H9ClN2S2. The van der Waals surface area contributed by atoms with Gasteiger partial charge in [-0.2, -0.15) is 0 Å². The minimum absolute atomic E-state index is 0.758. The number of hydrogen-bond acceptors (Lipinski definition) is 4. The van der Waals surface area contributed by atoms with Crippen LogP contribution in [0.3, 0.4) is 0 Å². The van der Waals surface area contributed by atoms with E-state index in [1.54, 1.807) is 22.7 Å². The van der Waals surface area contributed by atoms with Crippen molar-refractivity contribution in [3.8, 4) is 9.88 Å². The first-order valence-corrected chi connectivity index (χ1v) is 7.07. The third-order valence-electron chi connectivity index (χ3n) is 2.50. The highest BCUT2D eigenvalue weighted by molar-refractivity contribution is 7.27. The zero-order valence-electron chi connectivity index (χ0n) is 9.03. The SMILES string of the molecule is Cc1cc(N)sc1-c1nc2cccc(Cl)c2s1. The molecular weight excluding hydrogens is 272 g/mol. The number of rotatable bonds is 1. The monoisotopic (exact) mass is 280 g/mol. The maximum atomic E-state index is 6.15. The number of nitrogens with zero attached hydrogens (tertiary/aromatic N) is 1. The fourth-order valence-corrected chi connectivity index (χ4v) is 4.07. The van der Waals surface area contributed by atoms with Crippen LogP contribution in [0.5, 0.6) is 0 Å². The largest absolute Gasteiger partial charge is 0.391 e. The molecule has 17 heavy (non-hydrogen) atoms. The Hall–Kier alpha value is -1.10. The average molecular weight is 281 g/mol. The average Bonchev–Trinajstić information content (AvgIpc) is 2.82. The zero-order valence-corrected chi connectivity index (χ0v) is 11.4. The Morgan fingerprint density at radius 3 is 2.76 bits per heavy atom. The van der Waals surface area contributed by atoms with Gasteiger partial charge in [0.1, 0.15) is 5.01 Å². The first kappa shape index (κ1) is 11.0. The number of aryl methyl sites for hydroxylation is 1. The molecule has 0 bridgehead atoms. The van der Waals surface area contributed by atoms with Gasteiger partial charge in [0.25, 0.3) is 0 Å². The van der Waals surface area contributed by atoms with Gasteiger partial charge in [0, 0.05) is 0 Å². The molecule has 3 rings (SSSR count). The second kappa shape index (κ2) is 3.98. The molecule has 0 saturated carbocycles. The molecule has 5 heteroatoms. The van der Waals surface area contributed by atoms with Gasteiger partial charge in [0.05, 0.1) is 25.1 Å². The number of nitrogens with two attached hydrogens (primary N) is 1. The third kappa shape index (κ3) is 1.82. The number of aromatic nitrogens is 1. The highest BCUT2D eigenvalue weighted by atomic mass is 35.5. The first-order chi connectivity index (χ1) is 8.15. The number of thiazole rings is 1. The molecule has 0 aliphatic heterocycles.